The van der Waals surface area contributed by atoms with Gasteiger partial charge in [0, 0.05) is 28.6 Å². The van der Waals surface area contributed by atoms with E-state index in [2.05, 4.69) is 17.4 Å². The van der Waals surface area contributed by atoms with E-state index >= 15 is 0 Å². The molecule has 1 rings (SSSR count). The molecule has 0 saturated heterocycles. The summed E-state index contributed by atoms with van der Waals surface area (Å²) in [4.78, 5) is 24.2. The molecule has 94 valence electrons. The second-order valence-electron chi connectivity index (χ2n) is 4.08. The predicted molar refractivity (Wildman–Crippen MR) is 67.2 cm³/mol. The third kappa shape index (κ3) is 5.49. The van der Waals surface area contributed by atoms with E-state index in [1.165, 1.54) is 9.75 Å². The molecule has 1 aromatic rings. The Kier molecular flexibility index (Phi) is 5.15. The zero-order chi connectivity index (χ0) is 12.8. The van der Waals surface area contributed by atoms with Crippen LogP contribution in [0.2, 0.25) is 0 Å². The highest BCUT2D eigenvalue weighted by molar-refractivity contribution is 7.11. The molecule has 1 atom stereocenters. The lowest BCUT2D eigenvalue weighted by Gasteiger charge is -2.12. The van der Waals surface area contributed by atoms with Gasteiger partial charge >= 0.3 is 5.97 Å². The first-order chi connectivity index (χ1) is 7.97. The predicted octanol–water partition coefficient (Wildman–Crippen LogP) is 1.97. The van der Waals surface area contributed by atoms with E-state index in [1.807, 2.05) is 13.8 Å². The summed E-state index contributed by atoms with van der Waals surface area (Å²) in [6, 6.07) is 4.15. The average Bonchev–Trinajstić information content (AvgIpc) is 2.60. The summed E-state index contributed by atoms with van der Waals surface area (Å²) in [7, 11) is 0. The third-order valence-electron chi connectivity index (χ3n) is 2.28. The summed E-state index contributed by atoms with van der Waals surface area (Å²) in [5.41, 5.74) is 0. The Morgan fingerprint density at radius 2 is 2.12 bits per heavy atom. The minimum atomic E-state index is -0.943. The van der Waals surface area contributed by atoms with Crippen LogP contribution in [0.1, 0.15) is 29.5 Å². The molecule has 17 heavy (non-hydrogen) atoms. The van der Waals surface area contributed by atoms with Crippen molar-refractivity contribution in [2.75, 3.05) is 0 Å². The Labute approximate surface area is 105 Å². The van der Waals surface area contributed by atoms with Gasteiger partial charge < -0.3 is 10.4 Å². The first kappa shape index (κ1) is 13.7. The van der Waals surface area contributed by atoms with Crippen molar-refractivity contribution in [3.8, 4) is 0 Å². The van der Waals surface area contributed by atoms with Crippen molar-refractivity contribution in [1.82, 2.24) is 5.32 Å². The standard InChI is InChI=1S/C12H17NO3S/c1-8(7-10-4-3-9(2)17-10)13-11(14)5-6-12(15)16/h3-4,8H,5-7H2,1-2H3,(H,13,14)(H,15,16). The Morgan fingerprint density at radius 1 is 1.41 bits per heavy atom. The van der Waals surface area contributed by atoms with Crippen LogP contribution in [0, 0.1) is 6.92 Å². The van der Waals surface area contributed by atoms with Gasteiger partial charge in [0.15, 0.2) is 0 Å². The number of thiophene rings is 1. The number of aryl methyl sites for hydroxylation is 1. The molecule has 1 heterocycles. The Hall–Kier alpha value is -1.36. The molecule has 0 fully saturated rings. The van der Waals surface area contributed by atoms with E-state index in [9.17, 15) is 9.59 Å². The number of carboxylic acid groups (broad SMARTS) is 1. The van der Waals surface area contributed by atoms with Crippen LogP contribution in [0.4, 0.5) is 0 Å². The summed E-state index contributed by atoms with van der Waals surface area (Å²) in [6.45, 7) is 3.97. The summed E-state index contributed by atoms with van der Waals surface area (Å²) >= 11 is 1.72. The van der Waals surface area contributed by atoms with Crippen LogP contribution in [0.15, 0.2) is 12.1 Å². The first-order valence-electron chi connectivity index (χ1n) is 5.54. The van der Waals surface area contributed by atoms with Crippen molar-refractivity contribution in [3.05, 3.63) is 21.9 Å². The first-order valence-corrected chi connectivity index (χ1v) is 6.35. The van der Waals surface area contributed by atoms with Crippen molar-refractivity contribution in [2.24, 2.45) is 0 Å². The number of carbonyl (C=O) groups is 2. The number of hydrogen-bond acceptors (Lipinski definition) is 3. The monoisotopic (exact) mass is 255 g/mol. The second kappa shape index (κ2) is 6.39. The fourth-order valence-electron chi connectivity index (χ4n) is 1.52. The Morgan fingerprint density at radius 3 is 2.65 bits per heavy atom. The minimum absolute atomic E-state index is 0.0364. The van der Waals surface area contributed by atoms with Gasteiger partial charge in [0.2, 0.25) is 5.91 Å². The highest BCUT2D eigenvalue weighted by Gasteiger charge is 2.10. The molecule has 0 spiro atoms. The highest BCUT2D eigenvalue weighted by Crippen LogP contribution is 2.16. The van der Waals surface area contributed by atoms with E-state index in [0.29, 0.717) is 0 Å². The topological polar surface area (TPSA) is 66.4 Å². The molecule has 0 aliphatic carbocycles. The largest absolute Gasteiger partial charge is 0.481 e. The molecule has 1 unspecified atom stereocenters. The maximum atomic E-state index is 11.4. The van der Waals surface area contributed by atoms with Crippen LogP contribution in [-0.4, -0.2) is 23.0 Å². The van der Waals surface area contributed by atoms with Crippen LogP contribution < -0.4 is 5.32 Å². The smallest absolute Gasteiger partial charge is 0.303 e. The van der Waals surface area contributed by atoms with E-state index in [4.69, 9.17) is 5.11 Å². The summed E-state index contributed by atoms with van der Waals surface area (Å²) in [6.07, 6.45) is 0.719. The molecule has 2 N–H and O–H groups in total. The third-order valence-corrected chi connectivity index (χ3v) is 3.30. The van der Waals surface area contributed by atoms with Gasteiger partial charge in [-0.2, -0.15) is 0 Å². The molecule has 0 aliphatic rings. The number of carboxylic acids is 1. The van der Waals surface area contributed by atoms with Crippen LogP contribution in [0.3, 0.4) is 0 Å². The maximum Gasteiger partial charge on any atom is 0.303 e. The zero-order valence-electron chi connectivity index (χ0n) is 10.0. The quantitative estimate of drug-likeness (QED) is 0.816. The molecule has 1 amide bonds. The van der Waals surface area contributed by atoms with Gasteiger partial charge in [-0.3, -0.25) is 9.59 Å². The van der Waals surface area contributed by atoms with Crippen molar-refractivity contribution >= 4 is 23.2 Å². The van der Waals surface area contributed by atoms with Crippen molar-refractivity contribution in [2.45, 2.75) is 39.2 Å². The number of nitrogens with one attached hydrogen (secondary N) is 1. The van der Waals surface area contributed by atoms with Gasteiger partial charge in [0.1, 0.15) is 0 Å². The molecular weight excluding hydrogens is 238 g/mol. The number of carbonyl (C=O) groups excluding carboxylic acids is 1. The second-order valence-corrected chi connectivity index (χ2v) is 5.45. The average molecular weight is 255 g/mol. The van der Waals surface area contributed by atoms with Gasteiger partial charge in [0.05, 0.1) is 6.42 Å². The zero-order valence-corrected chi connectivity index (χ0v) is 10.8. The number of amides is 1. The molecule has 0 aromatic carbocycles. The molecule has 0 radical (unpaired) electrons. The molecule has 1 aromatic heterocycles. The Bertz CT molecular complexity index is 400. The fraction of sp³-hybridized carbons (Fsp3) is 0.500. The molecule has 0 bridgehead atoms. The van der Waals surface area contributed by atoms with E-state index in [0.717, 1.165) is 6.42 Å². The van der Waals surface area contributed by atoms with Crippen molar-refractivity contribution < 1.29 is 14.7 Å². The molecule has 4 nitrogen and oxygen atoms in total. The number of rotatable bonds is 6. The van der Waals surface area contributed by atoms with Crippen molar-refractivity contribution in [1.29, 1.82) is 0 Å². The SMILES string of the molecule is Cc1ccc(CC(C)NC(=O)CCC(=O)O)s1. The van der Waals surface area contributed by atoms with E-state index in [1.54, 1.807) is 11.3 Å². The Balaban J connectivity index is 2.31. The molecule has 0 aliphatic heterocycles. The maximum absolute atomic E-state index is 11.4. The summed E-state index contributed by atoms with van der Waals surface area (Å²) in [5.74, 6) is -1.14. The molecule has 0 saturated carbocycles. The lowest BCUT2D eigenvalue weighted by Crippen LogP contribution is -2.34. The van der Waals surface area contributed by atoms with E-state index in [-0.39, 0.29) is 24.8 Å². The fourth-order valence-corrected chi connectivity index (χ4v) is 2.53. The van der Waals surface area contributed by atoms with Gasteiger partial charge in [-0.15, -0.1) is 11.3 Å². The van der Waals surface area contributed by atoms with Crippen LogP contribution in [0.25, 0.3) is 0 Å². The molecule has 5 heteroatoms. The van der Waals surface area contributed by atoms with Gasteiger partial charge in [-0.1, -0.05) is 0 Å². The summed E-state index contributed by atoms with van der Waals surface area (Å²) < 4.78 is 0. The number of aliphatic carboxylic acids is 1. The number of hydrogen-bond donors (Lipinski definition) is 2. The van der Waals surface area contributed by atoms with E-state index < -0.39 is 5.97 Å². The van der Waals surface area contributed by atoms with Crippen LogP contribution >= 0.6 is 11.3 Å². The van der Waals surface area contributed by atoms with Crippen LogP contribution in [-0.2, 0) is 16.0 Å². The lowest BCUT2D eigenvalue weighted by atomic mass is 10.2. The van der Waals surface area contributed by atoms with Crippen LogP contribution in [0.5, 0.6) is 0 Å². The lowest BCUT2D eigenvalue weighted by molar-refractivity contribution is -0.138. The van der Waals surface area contributed by atoms with Crippen molar-refractivity contribution in [3.63, 3.8) is 0 Å². The minimum Gasteiger partial charge on any atom is -0.481 e. The highest BCUT2D eigenvalue weighted by atomic mass is 32.1. The van der Waals surface area contributed by atoms with Gasteiger partial charge in [-0.25, -0.2) is 0 Å². The normalized spacial score (nSPS) is 12.1. The summed E-state index contributed by atoms with van der Waals surface area (Å²) in [5, 5.41) is 11.3. The van der Waals surface area contributed by atoms with Gasteiger partial charge in [0.25, 0.3) is 0 Å². The van der Waals surface area contributed by atoms with Gasteiger partial charge in [-0.05, 0) is 26.0 Å². The molecular formula is C12H17NO3S.